The van der Waals surface area contributed by atoms with Gasteiger partial charge in [0.15, 0.2) is 5.82 Å². The maximum Gasteiger partial charge on any atom is 0.238 e. The summed E-state index contributed by atoms with van der Waals surface area (Å²) in [6.07, 6.45) is 5.14. The molecule has 4 rings (SSSR count). The molecule has 0 spiro atoms. The van der Waals surface area contributed by atoms with Crippen molar-refractivity contribution < 1.29 is 9.59 Å². The van der Waals surface area contributed by atoms with Crippen LogP contribution in [0.2, 0.25) is 0 Å². The van der Waals surface area contributed by atoms with Gasteiger partial charge in [0, 0.05) is 44.2 Å². The first-order chi connectivity index (χ1) is 12.9. The number of fused-ring (bicyclic) bond motifs is 1. The van der Waals surface area contributed by atoms with Crippen LogP contribution in [-0.2, 0) is 22.6 Å². The Labute approximate surface area is 157 Å². The summed E-state index contributed by atoms with van der Waals surface area (Å²) in [5.74, 6) is 0.767. The number of primary amides is 1. The van der Waals surface area contributed by atoms with E-state index in [4.69, 9.17) is 15.7 Å². The van der Waals surface area contributed by atoms with Crippen molar-refractivity contribution in [3.8, 4) is 11.4 Å². The molecule has 2 aliphatic rings. The zero-order valence-corrected chi connectivity index (χ0v) is 15.5. The van der Waals surface area contributed by atoms with Crippen molar-refractivity contribution >= 4 is 17.6 Å². The first-order valence-corrected chi connectivity index (χ1v) is 8.99. The van der Waals surface area contributed by atoms with Crippen LogP contribution < -0.4 is 10.6 Å². The van der Waals surface area contributed by atoms with Crippen molar-refractivity contribution in [2.75, 3.05) is 25.5 Å². The molecule has 1 fully saturated rings. The number of aromatic nitrogens is 3. The van der Waals surface area contributed by atoms with Gasteiger partial charge in [-0.1, -0.05) is 0 Å². The van der Waals surface area contributed by atoms with Crippen LogP contribution >= 0.6 is 0 Å². The number of nitrogens with two attached hydrogens (primary N) is 1. The number of carbonyl (C=O) groups is 2. The molecule has 0 atom stereocenters. The third-order valence-corrected chi connectivity index (χ3v) is 5.32. The molecule has 8 nitrogen and oxygen atoms in total. The van der Waals surface area contributed by atoms with E-state index in [-0.39, 0.29) is 5.91 Å². The smallest absolute Gasteiger partial charge is 0.238 e. The molecule has 0 bridgehead atoms. The van der Waals surface area contributed by atoms with E-state index in [0.29, 0.717) is 38.2 Å². The molecular formula is C19H22N6O2. The summed E-state index contributed by atoms with van der Waals surface area (Å²) in [6, 6.07) is 3.72. The number of anilines is 1. The minimum atomic E-state index is -0.997. The number of rotatable bonds is 4. The summed E-state index contributed by atoms with van der Waals surface area (Å²) in [5.41, 5.74) is 7.21. The monoisotopic (exact) mass is 366 g/mol. The Balaban J connectivity index is 1.71. The molecule has 0 saturated heterocycles. The second kappa shape index (κ2) is 6.29. The van der Waals surface area contributed by atoms with E-state index in [2.05, 4.69) is 4.98 Å². The predicted octanol–water partition coefficient (Wildman–Crippen LogP) is 0.755. The number of hydrogen-bond donors (Lipinski definition) is 1. The Kier molecular flexibility index (Phi) is 4.05. The first-order valence-electron chi connectivity index (χ1n) is 8.99. The summed E-state index contributed by atoms with van der Waals surface area (Å²) in [7, 11) is 3.89. The topological polar surface area (TPSA) is 105 Å². The molecule has 3 heterocycles. The highest BCUT2D eigenvalue weighted by Gasteiger charge is 2.57. The van der Waals surface area contributed by atoms with Gasteiger partial charge in [0.05, 0.1) is 12.2 Å². The van der Waals surface area contributed by atoms with E-state index in [1.165, 1.54) is 0 Å². The number of carbonyl (C=O) groups excluding carboxylic acids is 2. The summed E-state index contributed by atoms with van der Waals surface area (Å²) >= 11 is 0. The Morgan fingerprint density at radius 3 is 2.48 bits per heavy atom. The highest BCUT2D eigenvalue weighted by Crippen LogP contribution is 2.47. The van der Waals surface area contributed by atoms with Crippen LogP contribution in [0, 0.1) is 5.41 Å². The molecule has 2 amide bonds. The van der Waals surface area contributed by atoms with Crippen LogP contribution in [0.5, 0.6) is 0 Å². The Morgan fingerprint density at radius 2 is 1.89 bits per heavy atom. The first kappa shape index (κ1) is 17.4. The number of hydrogen-bond acceptors (Lipinski definition) is 6. The van der Waals surface area contributed by atoms with Gasteiger partial charge in [-0.05, 0) is 31.4 Å². The minimum absolute atomic E-state index is 0.170. The van der Waals surface area contributed by atoms with Gasteiger partial charge in [0.1, 0.15) is 11.2 Å². The van der Waals surface area contributed by atoms with Crippen LogP contribution in [0.25, 0.3) is 11.4 Å². The van der Waals surface area contributed by atoms with E-state index in [9.17, 15) is 9.59 Å². The summed E-state index contributed by atoms with van der Waals surface area (Å²) in [5, 5.41) is 0. The molecule has 0 unspecified atom stereocenters. The fourth-order valence-electron chi connectivity index (χ4n) is 3.58. The van der Waals surface area contributed by atoms with Gasteiger partial charge in [-0.25, -0.2) is 9.97 Å². The van der Waals surface area contributed by atoms with Gasteiger partial charge in [0.25, 0.3) is 0 Å². The van der Waals surface area contributed by atoms with Gasteiger partial charge in [-0.15, -0.1) is 0 Å². The fraction of sp³-hybridized carbons (Fsp3) is 0.421. The normalized spacial score (nSPS) is 17.2. The molecule has 8 heteroatoms. The summed E-state index contributed by atoms with van der Waals surface area (Å²) in [6.45, 7) is 0.907. The van der Waals surface area contributed by atoms with E-state index in [0.717, 1.165) is 22.6 Å². The molecule has 2 aromatic heterocycles. The second-order valence-corrected chi connectivity index (χ2v) is 7.35. The Morgan fingerprint density at radius 1 is 1.19 bits per heavy atom. The third-order valence-electron chi connectivity index (χ3n) is 5.32. The van der Waals surface area contributed by atoms with E-state index < -0.39 is 11.3 Å². The lowest BCUT2D eigenvalue weighted by atomic mass is 10.00. The SMILES string of the molecule is CN(C)c1nc(-c2ccncc2)nc2c1CCN(C(=O)C1(C(N)=O)CC1)C2. The van der Waals surface area contributed by atoms with Crippen molar-refractivity contribution in [2.24, 2.45) is 11.1 Å². The van der Waals surface area contributed by atoms with Crippen molar-refractivity contribution in [1.29, 1.82) is 0 Å². The molecule has 0 aromatic carbocycles. The molecule has 1 aliphatic carbocycles. The van der Waals surface area contributed by atoms with E-state index in [1.807, 2.05) is 31.1 Å². The maximum absolute atomic E-state index is 12.9. The predicted molar refractivity (Wildman–Crippen MR) is 99.6 cm³/mol. The standard InChI is InChI=1S/C19H22N6O2/c1-24(2)16-13-5-10-25(18(27)19(6-7-19)17(20)26)11-14(13)22-15(23-16)12-3-8-21-9-4-12/h3-4,8-9H,5-7,10-11H2,1-2H3,(H2,20,26). The quantitative estimate of drug-likeness (QED) is 0.801. The molecule has 2 N–H and O–H groups in total. The molecule has 1 aliphatic heterocycles. The lowest BCUT2D eigenvalue weighted by Crippen LogP contribution is -2.46. The molecule has 140 valence electrons. The summed E-state index contributed by atoms with van der Waals surface area (Å²) in [4.78, 5) is 41.8. The van der Waals surface area contributed by atoms with E-state index in [1.54, 1.807) is 17.3 Å². The van der Waals surface area contributed by atoms with Gasteiger partial charge in [0.2, 0.25) is 11.8 Å². The van der Waals surface area contributed by atoms with Gasteiger partial charge >= 0.3 is 0 Å². The Hall–Kier alpha value is -3.03. The zero-order valence-electron chi connectivity index (χ0n) is 15.5. The average molecular weight is 366 g/mol. The average Bonchev–Trinajstić information content (AvgIpc) is 3.48. The van der Waals surface area contributed by atoms with Gasteiger partial charge in [-0.3, -0.25) is 14.6 Å². The van der Waals surface area contributed by atoms with Gasteiger partial charge in [-0.2, -0.15) is 0 Å². The van der Waals surface area contributed by atoms with Crippen molar-refractivity contribution in [3.05, 3.63) is 35.8 Å². The molecule has 0 radical (unpaired) electrons. The largest absolute Gasteiger partial charge is 0.369 e. The second-order valence-electron chi connectivity index (χ2n) is 7.35. The van der Waals surface area contributed by atoms with Crippen LogP contribution in [0.3, 0.4) is 0 Å². The molecule has 2 aromatic rings. The number of pyridine rings is 1. The zero-order chi connectivity index (χ0) is 19.2. The Bertz CT molecular complexity index is 908. The molecule has 1 saturated carbocycles. The summed E-state index contributed by atoms with van der Waals surface area (Å²) < 4.78 is 0. The van der Waals surface area contributed by atoms with Gasteiger partial charge < -0.3 is 15.5 Å². The van der Waals surface area contributed by atoms with Crippen molar-refractivity contribution in [1.82, 2.24) is 19.9 Å². The number of nitrogens with zero attached hydrogens (tertiary/aromatic N) is 5. The fourth-order valence-corrected chi connectivity index (χ4v) is 3.58. The van der Waals surface area contributed by atoms with Crippen LogP contribution in [0.15, 0.2) is 24.5 Å². The maximum atomic E-state index is 12.9. The van der Waals surface area contributed by atoms with Crippen LogP contribution in [0.4, 0.5) is 5.82 Å². The third kappa shape index (κ3) is 2.90. The number of amides is 2. The van der Waals surface area contributed by atoms with Crippen molar-refractivity contribution in [3.63, 3.8) is 0 Å². The lowest BCUT2D eigenvalue weighted by molar-refractivity contribution is -0.143. The lowest BCUT2D eigenvalue weighted by Gasteiger charge is -2.32. The minimum Gasteiger partial charge on any atom is -0.369 e. The van der Waals surface area contributed by atoms with Crippen molar-refractivity contribution in [2.45, 2.75) is 25.8 Å². The molecular weight excluding hydrogens is 344 g/mol. The van der Waals surface area contributed by atoms with E-state index >= 15 is 0 Å². The highest BCUT2D eigenvalue weighted by molar-refractivity contribution is 6.07. The highest BCUT2D eigenvalue weighted by atomic mass is 16.2. The molecule has 27 heavy (non-hydrogen) atoms. The van der Waals surface area contributed by atoms with Crippen LogP contribution in [0.1, 0.15) is 24.1 Å². The van der Waals surface area contributed by atoms with Crippen LogP contribution in [-0.4, -0.2) is 52.3 Å².